The lowest BCUT2D eigenvalue weighted by Crippen LogP contribution is -2.40. The number of hydrogen-bond donors (Lipinski definition) is 2. The average Bonchev–Trinajstić information content (AvgIpc) is 3.33. The van der Waals surface area contributed by atoms with Crippen molar-refractivity contribution in [1.29, 1.82) is 0 Å². The molecule has 4 heterocycles. The van der Waals surface area contributed by atoms with E-state index in [1.54, 1.807) is 29.2 Å². The van der Waals surface area contributed by atoms with Crippen molar-refractivity contribution >= 4 is 46.0 Å². The smallest absolute Gasteiger partial charge is 0.256 e. The van der Waals surface area contributed by atoms with E-state index in [9.17, 15) is 14.0 Å². The Kier molecular flexibility index (Phi) is 6.58. The Labute approximate surface area is 216 Å². The zero-order chi connectivity index (χ0) is 26.1. The second kappa shape index (κ2) is 9.98. The number of pyridine rings is 2. The first-order chi connectivity index (χ1) is 17.9. The van der Waals surface area contributed by atoms with Crippen LogP contribution in [0.5, 0.6) is 0 Å². The van der Waals surface area contributed by atoms with E-state index in [4.69, 9.17) is 22.4 Å². The van der Waals surface area contributed by atoms with Crippen LogP contribution in [0.3, 0.4) is 0 Å². The summed E-state index contributed by atoms with van der Waals surface area (Å²) in [5.74, 6) is -0.858. The highest BCUT2D eigenvalue weighted by Crippen LogP contribution is 2.38. The van der Waals surface area contributed by atoms with Gasteiger partial charge in [-0.2, -0.15) is 9.49 Å². The molecule has 0 spiro atoms. The molecule has 1 aliphatic heterocycles. The number of fused-ring (bicyclic) bond motifs is 1. The minimum absolute atomic E-state index is 0.114. The summed E-state index contributed by atoms with van der Waals surface area (Å²) in [4.78, 5) is 34.5. The number of anilines is 2. The number of carbonyl (C=O) groups excluding carboxylic acids is 2. The minimum atomic E-state index is -0.685. The van der Waals surface area contributed by atoms with Crippen molar-refractivity contribution in [3.63, 3.8) is 0 Å². The van der Waals surface area contributed by atoms with Crippen molar-refractivity contribution in [1.82, 2.24) is 24.6 Å². The molecule has 1 aliphatic rings. The summed E-state index contributed by atoms with van der Waals surface area (Å²) in [6, 6.07) is 10.8. The fourth-order valence-corrected chi connectivity index (χ4v) is 4.78. The maximum absolute atomic E-state index is 13.3. The van der Waals surface area contributed by atoms with E-state index >= 15 is 0 Å². The number of nitrogens with zero attached hydrogens (tertiary/aromatic N) is 5. The lowest BCUT2D eigenvalue weighted by Gasteiger charge is -2.32. The van der Waals surface area contributed by atoms with Gasteiger partial charge in [0.25, 0.3) is 5.91 Å². The number of piperidine rings is 1. The highest BCUT2D eigenvalue weighted by Gasteiger charge is 2.28. The largest absolute Gasteiger partial charge is 0.383 e. The molecule has 5 rings (SSSR count). The molecule has 37 heavy (non-hydrogen) atoms. The number of benzene rings is 1. The molecular formula is C26H23ClFN7O2. The van der Waals surface area contributed by atoms with Crippen LogP contribution < -0.4 is 11.1 Å². The molecule has 0 bridgehead atoms. The fraction of sp³-hybridized carbons (Fsp3) is 0.192. The Morgan fingerprint density at radius 2 is 2.00 bits per heavy atom. The van der Waals surface area contributed by atoms with Crippen LogP contribution >= 0.6 is 11.6 Å². The molecule has 0 aliphatic carbocycles. The van der Waals surface area contributed by atoms with Crippen LogP contribution in [0.4, 0.5) is 16.0 Å². The van der Waals surface area contributed by atoms with Crippen LogP contribution in [-0.2, 0) is 4.79 Å². The number of amides is 2. The SMILES string of the molecule is C=CC(=O)N1CCCC(n2nc(-c3ccc(C(=O)Nc4cccc(F)n4)cc3)c3c(N)ncc(Cl)c32)C1. The van der Waals surface area contributed by atoms with E-state index in [0.717, 1.165) is 12.8 Å². The van der Waals surface area contributed by atoms with Gasteiger partial charge in [-0.3, -0.25) is 14.3 Å². The van der Waals surface area contributed by atoms with Gasteiger partial charge >= 0.3 is 0 Å². The monoisotopic (exact) mass is 519 g/mol. The molecule has 11 heteroatoms. The summed E-state index contributed by atoms with van der Waals surface area (Å²) >= 11 is 6.57. The molecule has 3 aromatic heterocycles. The van der Waals surface area contributed by atoms with Crippen molar-refractivity contribution in [2.75, 3.05) is 24.1 Å². The summed E-state index contributed by atoms with van der Waals surface area (Å²) in [5.41, 5.74) is 8.54. The van der Waals surface area contributed by atoms with Gasteiger partial charge in [0.15, 0.2) is 0 Å². The van der Waals surface area contributed by atoms with E-state index in [-0.39, 0.29) is 23.6 Å². The molecule has 0 radical (unpaired) electrons. The zero-order valence-electron chi connectivity index (χ0n) is 19.7. The van der Waals surface area contributed by atoms with Gasteiger partial charge in [0, 0.05) is 24.2 Å². The highest BCUT2D eigenvalue weighted by molar-refractivity contribution is 6.35. The molecule has 1 atom stereocenters. The molecule has 3 N–H and O–H groups in total. The van der Waals surface area contributed by atoms with E-state index < -0.39 is 11.9 Å². The second-order valence-electron chi connectivity index (χ2n) is 8.67. The van der Waals surface area contributed by atoms with Gasteiger partial charge in [0.05, 0.1) is 28.2 Å². The van der Waals surface area contributed by atoms with Crippen LogP contribution in [0.25, 0.3) is 22.2 Å². The Bertz CT molecular complexity index is 1520. The van der Waals surface area contributed by atoms with Crippen LogP contribution in [-0.4, -0.2) is 49.6 Å². The van der Waals surface area contributed by atoms with E-state index in [0.29, 0.717) is 45.8 Å². The van der Waals surface area contributed by atoms with Gasteiger partial charge in [-0.15, -0.1) is 0 Å². The number of nitrogens with two attached hydrogens (primary N) is 1. The standard InChI is InChI=1S/C26H23ClFN7O2/c1-2-21(36)34-12-4-5-17(14-34)35-24-18(27)13-30-25(29)22(24)23(33-35)15-8-10-16(11-9-15)26(37)32-20-7-3-6-19(28)31-20/h2-3,6-11,13,17H,1,4-5,12,14H2,(H2,29,30)(H,31,32,37). The molecule has 0 saturated carbocycles. The molecule has 4 aromatic rings. The summed E-state index contributed by atoms with van der Waals surface area (Å²) in [6.07, 6.45) is 4.42. The number of hydrogen-bond acceptors (Lipinski definition) is 6. The van der Waals surface area contributed by atoms with Gasteiger partial charge in [0.2, 0.25) is 11.9 Å². The lowest BCUT2D eigenvalue weighted by atomic mass is 10.0. The van der Waals surface area contributed by atoms with Crippen LogP contribution in [0.2, 0.25) is 5.02 Å². The third-order valence-electron chi connectivity index (χ3n) is 6.32. The van der Waals surface area contributed by atoms with Crippen molar-refractivity contribution in [3.8, 4) is 11.3 Å². The Balaban J connectivity index is 1.50. The van der Waals surface area contributed by atoms with E-state index in [2.05, 4.69) is 21.9 Å². The number of nitrogen functional groups attached to an aromatic ring is 1. The van der Waals surface area contributed by atoms with Crippen LogP contribution in [0, 0.1) is 5.95 Å². The number of carbonyl (C=O) groups is 2. The van der Waals surface area contributed by atoms with Crippen molar-refractivity contribution in [2.45, 2.75) is 18.9 Å². The second-order valence-corrected chi connectivity index (χ2v) is 9.08. The number of aromatic nitrogens is 4. The number of halogens is 2. The third kappa shape index (κ3) is 4.75. The lowest BCUT2D eigenvalue weighted by molar-refractivity contribution is -0.127. The van der Waals surface area contributed by atoms with Crippen molar-refractivity contribution in [3.05, 3.63) is 77.9 Å². The Hall–Kier alpha value is -4.31. The first-order valence-corrected chi connectivity index (χ1v) is 12.0. The Morgan fingerprint density at radius 1 is 1.22 bits per heavy atom. The van der Waals surface area contributed by atoms with Gasteiger partial charge in [-0.05, 0) is 43.2 Å². The summed E-state index contributed by atoms with van der Waals surface area (Å²) in [6.45, 7) is 4.71. The molecule has 9 nitrogen and oxygen atoms in total. The summed E-state index contributed by atoms with van der Waals surface area (Å²) in [7, 11) is 0. The third-order valence-corrected chi connectivity index (χ3v) is 6.59. The predicted octanol–water partition coefficient (Wildman–Crippen LogP) is 4.47. The quantitative estimate of drug-likeness (QED) is 0.296. The predicted molar refractivity (Wildman–Crippen MR) is 140 cm³/mol. The van der Waals surface area contributed by atoms with Gasteiger partial charge < -0.3 is 16.0 Å². The molecular weight excluding hydrogens is 497 g/mol. The van der Waals surface area contributed by atoms with Crippen LogP contribution in [0.1, 0.15) is 29.2 Å². The van der Waals surface area contributed by atoms with E-state index in [1.165, 1.54) is 30.5 Å². The fourth-order valence-electron chi connectivity index (χ4n) is 4.55. The molecule has 2 amide bonds. The zero-order valence-corrected chi connectivity index (χ0v) is 20.5. The van der Waals surface area contributed by atoms with Gasteiger partial charge in [-0.1, -0.05) is 36.4 Å². The van der Waals surface area contributed by atoms with Gasteiger partial charge in [-0.25, -0.2) is 9.97 Å². The Morgan fingerprint density at radius 3 is 2.73 bits per heavy atom. The molecule has 188 valence electrons. The first kappa shape index (κ1) is 24.4. The number of likely N-dealkylation sites (tertiary alicyclic amines) is 1. The van der Waals surface area contributed by atoms with Crippen molar-refractivity contribution in [2.24, 2.45) is 0 Å². The van der Waals surface area contributed by atoms with Crippen LogP contribution in [0.15, 0.2) is 61.3 Å². The maximum Gasteiger partial charge on any atom is 0.256 e. The topological polar surface area (TPSA) is 119 Å². The molecule has 1 unspecified atom stereocenters. The minimum Gasteiger partial charge on any atom is -0.383 e. The molecule has 1 fully saturated rings. The number of nitrogens with one attached hydrogen (secondary N) is 1. The molecule has 1 aromatic carbocycles. The molecule has 1 saturated heterocycles. The van der Waals surface area contributed by atoms with Gasteiger partial charge in [0.1, 0.15) is 17.3 Å². The maximum atomic E-state index is 13.3. The highest BCUT2D eigenvalue weighted by atomic mass is 35.5. The van der Waals surface area contributed by atoms with E-state index in [1.807, 2.05) is 4.68 Å². The normalized spacial score (nSPS) is 15.5. The first-order valence-electron chi connectivity index (χ1n) is 11.6. The summed E-state index contributed by atoms with van der Waals surface area (Å²) in [5, 5.41) is 8.44. The van der Waals surface area contributed by atoms with Crippen molar-refractivity contribution < 1.29 is 14.0 Å². The average molecular weight is 520 g/mol. The number of rotatable bonds is 5. The summed E-state index contributed by atoms with van der Waals surface area (Å²) < 4.78 is 15.2.